The summed E-state index contributed by atoms with van der Waals surface area (Å²) in [5.74, 6) is -0.999. The van der Waals surface area contributed by atoms with Crippen LogP contribution in [0.5, 0.6) is 5.75 Å². The highest BCUT2D eigenvalue weighted by Crippen LogP contribution is 2.39. The summed E-state index contributed by atoms with van der Waals surface area (Å²) in [5, 5.41) is 14.0. The van der Waals surface area contributed by atoms with E-state index in [1.54, 1.807) is 36.3 Å². The highest BCUT2D eigenvalue weighted by atomic mass is 35.5. The molecule has 1 N–H and O–H groups in total. The van der Waals surface area contributed by atoms with Gasteiger partial charge in [0.2, 0.25) is 0 Å². The van der Waals surface area contributed by atoms with Crippen molar-refractivity contribution >= 4 is 23.0 Å². The Balaban J connectivity index is 1.77. The first-order chi connectivity index (χ1) is 14.8. The number of anilines is 2. The fraction of sp³-hybridized carbons (Fsp3) is 0.167. The van der Waals surface area contributed by atoms with Crippen LogP contribution in [0.15, 0.2) is 41.2 Å². The molecule has 0 atom stereocenters. The van der Waals surface area contributed by atoms with Gasteiger partial charge in [-0.1, -0.05) is 17.7 Å². The van der Waals surface area contributed by atoms with Gasteiger partial charge in [0.1, 0.15) is 11.5 Å². The molecule has 3 aromatic heterocycles. The number of aromatic nitrogens is 6. The molecule has 1 aromatic carbocycles. The molecule has 0 amide bonds. The molecule has 0 saturated carbocycles. The number of hydrogen-bond donors (Lipinski definition) is 1. The number of para-hydroxylation sites is 1. The van der Waals surface area contributed by atoms with Crippen molar-refractivity contribution in [1.29, 1.82) is 0 Å². The molecule has 0 unspecified atom stereocenters. The van der Waals surface area contributed by atoms with Crippen molar-refractivity contribution in [2.45, 2.75) is 6.18 Å². The third-order valence-electron chi connectivity index (χ3n) is 4.10. The zero-order chi connectivity index (χ0) is 22.2. The molecule has 4 aromatic rings. The second kappa shape index (κ2) is 7.87. The van der Waals surface area contributed by atoms with Crippen molar-refractivity contribution in [3.05, 3.63) is 47.8 Å². The molecule has 0 aliphatic heterocycles. The monoisotopic (exact) mass is 451 g/mol. The summed E-state index contributed by atoms with van der Waals surface area (Å²) in [6, 6.07) is 6.64. The first-order valence-corrected chi connectivity index (χ1v) is 9.00. The molecule has 0 radical (unpaired) electrons. The first kappa shape index (κ1) is 20.6. The normalized spacial score (nSPS) is 11.5. The van der Waals surface area contributed by atoms with Crippen LogP contribution in [-0.4, -0.2) is 37.1 Å². The molecular formula is C18H13ClF3N7O2. The number of methoxy groups -OCH3 is 1. The largest absolute Gasteiger partial charge is 0.494 e. The average molecular weight is 452 g/mol. The zero-order valence-corrected chi connectivity index (χ0v) is 16.7. The summed E-state index contributed by atoms with van der Waals surface area (Å²) in [7, 11) is 3.21. The lowest BCUT2D eigenvalue weighted by molar-refractivity contribution is -0.156. The van der Waals surface area contributed by atoms with Gasteiger partial charge in [-0.05, 0) is 18.2 Å². The van der Waals surface area contributed by atoms with E-state index in [-0.39, 0.29) is 22.3 Å². The number of halogens is 4. The first-order valence-electron chi connectivity index (χ1n) is 8.63. The maximum Gasteiger partial charge on any atom is 0.470 e. The Morgan fingerprint density at radius 1 is 1.13 bits per heavy atom. The van der Waals surface area contributed by atoms with Crippen molar-refractivity contribution in [3.8, 4) is 28.6 Å². The highest BCUT2D eigenvalue weighted by molar-refractivity contribution is 6.29. The molecule has 13 heteroatoms. The second-order valence-electron chi connectivity index (χ2n) is 6.22. The van der Waals surface area contributed by atoms with Crippen LogP contribution in [0.2, 0.25) is 5.15 Å². The maximum absolute atomic E-state index is 12.9. The maximum atomic E-state index is 12.9. The van der Waals surface area contributed by atoms with Crippen LogP contribution in [0.1, 0.15) is 5.89 Å². The van der Waals surface area contributed by atoms with Crippen LogP contribution in [0.25, 0.3) is 22.8 Å². The van der Waals surface area contributed by atoms with E-state index in [0.29, 0.717) is 22.8 Å². The minimum absolute atomic E-state index is 0.100. The van der Waals surface area contributed by atoms with Gasteiger partial charge in [0.15, 0.2) is 11.6 Å². The van der Waals surface area contributed by atoms with Gasteiger partial charge in [0.05, 0.1) is 29.6 Å². The summed E-state index contributed by atoms with van der Waals surface area (Å²) in [4.78, 5) is 8.12. The van der Waals surface area contributed by atoms with Crippen molar-refractivity contribution in [2.75, 3.05) is 12.4 Å². The summed E-state index contributed by atoms with van der Waals surface area (Å²) in [6.07, 6.45) is -2.00. The molecule has 0 fully saturated rings. The Hall–Kier alpha value is -3.67. The molecule has 4 rings (SSSR count). The van der Waals surface area contributed by atoms with Gasteiger partial charge >= 0.3 is 12.1 Å². The van der Waals surface area contributed by atoms with E-state index in [9.17, 15) is 13.2 Å². The predicted octanol–water partition coefficient (Wildman–Crippen LogP) is 4.35. The minimum atomic E-state index is -4.77. The average Bonchev–Trinajstić information content (AvgIpc) is 3.37. The lowest BCUT2D eigenvalue weighted by Crippen LogP contribution is -2.04. The smallest absolute Gasteiger partial charge is 0.470 e. The van der Waals surface area contributed by atoms with Crippen molar-refractivity contribution < 1.29 is 22.3 Å². The van der Waals surface area contributed by atoms with E-state index >= 15 is 0 Å². The van der Waals surface area contributed by atoms with E-state index in [0.717, 1.165) is 0 Å². The van der Waals surface area contributed by atoms with E-state index in [1.165, 1.54) is 19.4 Å². The standard InChI is InChI=1S/C18H13ClF3N7O2/c1-29-8-24-15(28-29)9-4-3-5-11(14(9)30-2)25-12-6-13(19)23-7-10(12)16-26-27-17(31-16)18(20,21)22/h3-8H,1-2H3,(H,23,25). The van der Waals surface area contributed by atoms with Crippen molar-refractivity contribution in [1.82, 2.24) is 29.9 Å². The van der Waals surface area contributed by atoms with E-state index < -0.39 is 12.1 Å². The lowest BCUT2D eigenvalue weighted by atomic mass is 10.1. The number of alkyl halides is 3. The van der Waals surface area contributed by atoms with Gasteiger partial charge in [-0.15, -0.1) is 10.2 Å². The number of benzene rings is 1. The third kappa shape index (κ3) is 4.14. The Kier molecular flexibility index (Phi) is 5.23. The molecule has 31 heavy (non-hydrogen) atoms. The lowest BCUT2D eigenvalue weighted by Gasteiger charge is -2.15. The highest BCUT2D eigenvalue weighted by Gasteiger charge is 2.38. The van der Waals surface area contributed by atoms with E-state index in [1.807, 2.05) is 0 Å². The number of nitrogens with one attached hydrogen (secondary N) is 1. The van der Waals surface area contributed by atoms with Gasteiger partial charge in [-0.2, -0.15) is 18.3 Å². The SMILES string of the molecule is COc1c(Nc2cc(Cl)ncc2-c2nnc(C(F)(F)F)o2)cccc1-c1ncn(C)n1. The topological polar surface area (TPSA) is 104 Å². The Morgan fingerprint density at radius 2 is 1.94 bits per heavy atom. The van der Waals surface area contributed by atoms with E-state index in [2.05, 4.69) is 30.6 Å². The molecule has 0 bridgehead atoms. The Labute approximate surface area is 177 Å². The second-order valence-corrected chi connectivity index (χ2v) is 6.60. The number of nitrogens with zero attached hydrogens (tertiary/aromatic N) is 6. The number of ether oxygens (including phenoxy) is 1. The number of hydrogen-bond acceptors (Lipinski definition) is 8. The molecular weight excluding hydrogens is 439 g/mol. The van der Waals surface area contributed by atoms with Crippen molar-refractivity contribution in [2.24, 2.45) is 7.05 Å². The van der Waals surface area contributed by atoms with Crippen LogP contribution >= 0.6 is 11.6 Å². The van der Waals surface area contributed by atoms with Crippen LogP contribution in [0.3, 0.4) is 0 Å². The van der Waals surface area contributed by atoms with Crippen LogP contribution in [0.4, 0.5) is 24.5 Å². The fourth-order valence-corrected chi connectivity index (χ4v) is 2.95. The molecule has 0 saturated heterocycles. The summed E-state index contributed by atoms with van der Waals surface area (Å²) in [5.41, 5.74) is 1.48. The summed E-state index contributed by atoms with van der Waals surface area (Å²) >= 11 is 6.00. The Bertz CT molecular complexity index is 1240. The number of rotatable bonds is 5. The summed E-state index contributed by atoms with van der Waals surface area (Å²) < 4.78 is 50.4. The zero-order valence-electron chi connectivity index (χ0n) is 16.0. The van der Waals surface area contributed by atoms with Crippen LogP contribution in [-0.2, 0) is 13.2 Å². The molecule has 3 heterocycles. The molecule has 9 nitrogen and oxygen atoms in total. The predicted molar refractivity (Wildman–Crippen MR) is 104 cm³/mol. The molecule has 0 aliphatic rings. The molecule has 0 aliphatic carbocycles. The molecule has 160 valence electrons. The number of aryl methyl sites for hydroxylation is 1. The molecule has 0 spiro atoms. The van der Waals surface area contributed by atoms with Crippen LogP contribution < -0.4 is 10.1 Å². The van der Waals surface area contributed by atoms with Gasteiger partial charge in [-0.3, -0.25) is 4.68 Å². The Morgan fingerprint density at radius 3 is 2.58 bits per heavy atom. The fourth-order valence-electron chi connectivity index (χ4n) is 2.79. The summed E-state index contributed by atoms with van der Waals surface area (Å²) in [6.45, 7) is 0. The minimum Gasteiger partial charge on any atom is -0.494 e. The quantitative estimate of drug-likeness (QED) is 0.446. The van der Waals surface area contributed by atoms with Crippen molar-refractivity contribution in [3.63, 3.8) is 0 Å². The van der Waals surface area contributed by atoms with E-state index in [4.69, 9.17) is 20.8 Å². The van der Waals surface area contributed by atoms with Gasteiger partial charge in [0.25, 0.3) is 5.89 Å². The van der Waals surface area contributed by atoms with Crippen LogP contribution in [0, 0.1) is 0 Å². The number of pyridine rings is 1. The van der Waals surface area contributed by atoms with Gasteiger partial charge < -0.3 is 14.5 Å². The van der Waals surface area contributed by atoms with Gasteiger partial charge in [-0.25, -0.2) is 9.97 Å². The van der Waals surface area contributed by atoms with Gasteiger partial charge in [0, 0.05) is 13.2 Å². The third-order valence-corrected chi connectivity index (χ3v) is 4.30.